The Balaban J connectivity index is 0.000000861. The molecule has 2 aromatic rings. The highest BCUT2D eigenvalue weighted by Crippen LogP contribution is 2.35. The Morgan fingerprint density at radius 3 is 2.47 bits per heavy atom. The van der Waals surface area contributed by atoms with Crippen molar-refractivity contribution in [3.05, 3.63) is 39.9 Å². The Morgan fingerprint density at radius 1 is 1.26 bits per heavy atom. The molecule has 0 atom stereocenters. The van der Waals surface area contributed by atoms with E-state index in [0.29, 0.717) is 10.9 Å². The topological polar surface area (TPSA) is 46.5 Å². The third kappa shape index (κ3) is 2.89. The number of carbonyl (C=O) groups excluding carboxylic acids is 1. The Kier molecular flexibility index (Phi) is 5.36. The molecule has 3 nitrogen and oxygen atoms in total. The van der Waals surface area contributed by atoms with Gasteiger partial charge in [0, 0.05) is 9.86 Å². The number of carbonyl (C=O) groups is 1. The monoisotopic (exact) mass is 324 g/mol. The summed E-state index contributed by atoms with van der Waals surface area (Å²) in [6.45, 7) is 5.77. The second-order valence-corrected chi connectivity index (χ2v) is 4.60. The number of ether oxygens (including phenoxy) is 1. The highest BCUT2D eigenvalue weighted by atomic mass is 79.9. The lowest BCUT2D eigenvalue weighted by molar-refractivity contribution is 0.0597. The molecule has 102 valence electrons. The minimum absolute atomic E-state index is 0.0341. The predicted octanol–water partition coefficient (Wildman–Crippen LogP) is 4.43. The summed E-state index contributed by atoms with van der Waals surface area (Å²) in [7, 11) is 1.30. The molecule has 0 saturated heterocycles. The van der Waals surface area contributed by atoms with Gasteiger partial charge in [0.15, 0.2) is 0 Å². The van der Waals surface area contributed by atoms with Crippen molar-refractivity contribution < 1.29 is 14.6 Å². The van der Waals surface area contributed by atoms with Crippen molar-refractivity contribution in [1.29, 1.82) is 0 Å². The first kappa shape index (κ1) is 15.5. The summed E-state index contributed by atoms with van der Waals surface area (Å²) in [5, 5.41) is 11.6. The summed E-state index contributed by atoms with van der Waals surface area (Å²) in [6.07, 6.45) is 0. The predicted molar refractivity (Wildman–Crippen MR) is 80.7 cm³/mol. The summed E-state index contributed by atoms with van der Waals surface area (Å²) >= 11 is 3.42. The van der Waals surface area contributed by atoms with Crippen molar-refractivity contribution in [1.82, 2.24) is 0 Å². The minimum atomic E-state index is -0.526. The minimum Gasteiger partial charge on any atom is -0.506 e. The Labute approximate surface area is 121 Å². The number of fused-ring (bicyclic) bond motifs is 1. The SMILES string of the molecule is CC.COC(=O)c1c(C)cc2c(Br)cccc2c1O. The van der Waals surface area contributed by atoms with Crippen molar-refractivity contribution in [2.45, 2.75) is 20.8 Å². The number of esters is 1. The number of aromatic hydroxyl groups is 1. The molecule has 0 heterocycles. The van der Waals surface area contributed by atoms with Crippen LogP contribution < -0.4 is 0 Å². The van der Waals surface area contributed by atoms with Gasteiger partial charge in [0.1, 0.15) is 11.3 Å². The smallest absolute Gasteiger partial charge is 0.341 e. The number of hydrogen-bond donors (Lipinski definition) is 1. The van der Waals surface area contributed by atoms with Gasteiger partial charge in [-0.25, -0.2) is 4.79 Å². The lowest BCUT2D eigenvalue weighted by Gasteiger charge is -2.10. The van der Waals surface area contributed by atoms with Crippen LogP contribution in [0.2, 0.25) is 0 Å². The molecular formula is C15H17BrO3. The van der Waals surface area contributed by atoms with E-state index in [-0.39, 0.29) is 11.3 Å². The number of phenolic OH excluding ortho intramolecular Hbond substituents is 1. The molecule has 2 aromatic carbocycles. The first-order chi connectivity index (χ1) is 9.06. The number of phenols is 1. The third-order valence-electron chi connectivity index (χ3n) is 2.69. The molecule has 19 heavy (non-hydrogen) atoms. The van der Waals surface area contributed by atoms with Crippen molar-refractivity contribution in [2.75, 3.05) is 7.11 Å². The highest BCUT2D eigenvalue weighted by molar-refractivity contribution is 9.10. The van der Waals surface area contributed by atoms with E-state index in [2.05, 4.69) is 20.7 Å². The van der Waals surface area contributed by atoms with Crippen LogP contribution in [0.3, 0.4) is 0 Å². The second-order valence-electron chi connectivity index (χ2n) is 3.74. The number of hydrogen-bond acceptors (Lipinski definition) is 3. The molecule has 0 aliphatic carbocycles. The van der Waals surface area contributed by atoms with Gasteiger partial charge in [-0.15, -0.1) is 0 Å². The van der Waals surface area contributed by atoms with Gasteiger partial charge in [0.2, 0.25) is 0 Å². The number of aryl methyl sites for hydroxylation is 1. The van der Waals surface area contributed by atoms with E-state index in [1.165, 1.54) is 7.11 Å². The van der Waals surface area contributed by atoms with Crippen LogP contribution in [-0.4, -0.2) is 18.2 Å². The Morgan fingerprint density at radius 2 is 1.89 bits per heavy atom. The zero-order chi connectivity index (χ0) is 14.6. The van der Waals surface area contributed by atoms with Crippen LogP contribution >= 0.6 is 15.9 Å². The zero-order valence-corrected chi connectivity index (χ0v) is 13.0. The van der Waals surface area contributed by atoms with Gasteiger partial charge >= 0.3 is 5.97 Å². The lowest BCUT2D eigenvalue weighted by atomic mass is 10.0. The van der Waals surface area contributed by atoms with Crippen LogP contribution in [0.15, 0.2) is 28.7 Å². The molecule has 1 N–H and O–H groups in total. The molecule has 0 aromatic heterocycles. The second kappa shape index (κ2) is 6.57. The van der Waals surface area contributed by atoms with Gasteiger partial charge in [-0.2, -0.15) is 0 Å². The van der Waals surface area contributed by atoms with E-state index < -0.39 is 5.97 Å². The summed E-state index contributed by atoms with van der Waals surface area (Å²) in [5.74, 6) is -0.560. The van der Waals surface area contributed by atoms with Crippen LogP contribution in [0, 0.1) is 6.92 Å². The maximum Gasteiger partial charge on any atom is 0.341 e. The molecule has 0 aliphatic heterocycles. The molecule has 0 radical (unpaired) electrons. The van der Waals surface area contributed by atoms with Crippen molar-refractivity contribution >= 4 is 32.7 Å². The maximum atomic E-state index is 11.6. The molecule has 4 heteroatoms. The van der Waals surface area contributed by atoms with Gasteiger partial charge in [-0.1, -0.05) is 41.9 Å². The fourth-order valence-electron chi connectivity index (χ4n) is 1.86. The molecular weight excluding hydrogens is 308 g/mol. The van der Waals surface area contributed by atoms with E-state index >= 15 is 0 Å². The van der Waals surface area contributed by atoms with Gasteiger partial charge in [-0.3, -0.25) is 0 Å². The standard InChI is InChI=1S/C13H11BrO3.C2H6/c1-7-6-9-8(4-3-5-10(9)14)12(15)11(7)13(16)17-2;1-2/h3-6,15H,1-2H3;1-2H3. The molecule has 0 amide bonds. The summed E-state index contributed by atoms with van der Waals surface area (Å²) in [6, 6.07) is 7.31. The fraction of sp³-hybridized carbons (Fsp3) is 0.267. The van der Waals surface area contributed by atoms with E-state index in [4.69, 9.17) is 0 Å². The average Bonchev–Trinajstić information content (AvgIpc) is 2.42. The molecule has 2 rings (SSSR count). The van der Waals surface area contributed by atoms with Gasteiger partial charge in [0.25, 0.3) is 0 Å². The van der Waals surface area contributed by atoms with E-state index in [9.17, 15) is 9.90 Å². The van der Waals surface area contributed by atoms with Gasteiger partial charge < -0.3 is 9.84 Å². The van der Waals surface area contributed by atoms with Crippen molar-refractivity contribution in [3.8, 4) is 5.75 Å². The van der Waals surface area contributed by atoms with Crippen molar-refractivity contribution in [2.24, 2.45) is 0 Å². The van der Waals surface area contributed by atoms with Crippen LogP contribution in [0.1, 0.15) is 29.8 Å². The van der Waals surface area contributed by atoms with Crippen LogP contribution in [0.4, 0.5) is 0 Å². The number of methoxy groups -OCH3 is 1. The fourth-order valence-corrected chi connectivity index (χ4v) is 2.34. The molecule has 0 fully saturated rings. The van der Waals surface area contributed by atoms with E-state index in [1.807, 2.05) is 32.0 Å². The third-order valence-corrected chi connectivity index (χ3v) is 3.38. The summed E-state index contributed by atoms with van der Waals surface area (Å²) in [5.41, 5.74) is 0.909. The summed E-state index contributed by atoms with van der Waals surface area (Å²) in [4.78, 5) is 11.6. The normalized spacial score (nSPS) is 9.74. The Hall–Kier alpha value is -1.55. The number of rotatable bonds is 1. The largest absolute Gasteiger partial charge is 0.506 e. The average molecular weight is 325 g/mol. The highest BCUT2D eigenvalue weighted by Gasteiger charge is 2.18. The van der Waals surface area contributed by atoms with Crippen molar-refractivity contribution in [3.63, 3.8) is 0 Å². The van der Waals surface area contributed by atoms with Crippen LogP contribution in [-0.2, 0) is 4.74 Å². The summed E-state index contributed by atoms with van der Waals surface area (Å²) < 4.78 is 5.55. The molecule has 0 aliphatic rings. The molecule has 0 saturated carbocycles. The quantitative estimate of drug-likeness (QED) is 0.789. The number of benzene rings is 2. The van der Waals surface area contributed by atoms with E-state index in [0.717, 1.165) is 9.86 Å². The lowest BCUT2D eigenvalue weighted by Crippen LogP contribution is -2.04. The molecule has 0 unspecified atom stereocenters. The Bertz CT molecular complexity index is 606. The van der Waals surface area contributed by atoms with Gasteiger partial charge in [-0.05, 0) is 30.0 Å². The van der Waals surface area contributed by atoms with Crippen LogP contribution in [0.25, 0.3) is 10.8 Å². The first-order valence-electron chi connectivity index (χ1n) is 6.05. The molecule has 0 bridgehead atoms. The van der Waals surface area contributed by atoms with Gasteiger partial charge in [0.05, 0.1) is 7.11 Å². The van der Waals surface area contributed by atoms with E-state index in [1.54, 1.807) is 13.0 Å². The maximum absolute atomic E-state index is 11.6. The zero-order valence-electron chi connectivity index (χ0n) is 11.5. The van der Waals surface area contributed by atoms with Crippen LogP contribution in [0.5, 0.6) is 5.75 Å². The number of halogens is 1. The molecule has 0 spiro atoms. The first-order valence-corrected chi connectivity index (χ1v) is 6.84.